The summed E-state index contributed by atoms with van der Waals surface area (Å²) in [6, 6.07) is 14.1. The molecule has 1 aliphatic carbocycles. The summed E-state index contributed by atoms with van der Waals surface area (Å²) in [6.07, 6.45) is 8.41. The van der Waals surface area contributed by atoms with E-state index in [0.717, 1.165) is 37.0 Å². The maximum Gasteiger partial charge on any atom is 0.150 e. The van der Waals surface area contributed by atoms with E-state index in [0.29, 0.717) is 16.6 Å². The number of nitrogens with one attached hydrogen (secondary N) is 1. The maximum atomic E-state index is 10.5. The van der Waals surface area contributed by atoms with Crippen LogP contribution in [-0.2, 0) is 13.0 Å². The largest absolute Gasteiger partial charge is 0.382 e. The first-order valence-electron chi connectivity index (χ1n) is 11.9. The van der Waals surface area contributed by atoms with Crippen LogP contribution in [-0.4, -0.2) is 37.9 Å². The molecule has 0 saturated heterocycles. The molecule has 0 radical (unpaired) electrons. The molecular formula is C27H39ClN4O. The first-order valence-corrected chi connectivity index (χ1v) is 12.3. The van der Waals surface area contributed by atoms with Crippen molar-refractivity contribution in [1.29, 1.82) is 5.26 Å². The van der Waals surface area contributed by atoms with Crippen LogP contribution in [0, 0.1) is 11.3 Å². The fourth-order valence-corrected chi connectivity index (χ4v) is 4.19. The Morgan fingerprint density at radius 3 is 2.39 bits per heavy atom. The number of hydrogen-bond acceptors (Lipinski definition) is 5. The number of nitrogens with zero attached hydrogens (tertiary/aromatic N) is 2. The second-order valence-corrected chi connectivity index (χ2v) is 8.33. The third kappa shape index (κ3) is 9.55. The van der Waals surface area contributed by atoms with Crippen LogP contribution in [0.1, 0.15) is 73.0 Å². The van der Waals surface area contributed by atoms with Crippen molar-refractivity contribution >= 4 is 23.6 Å². The van der Waals surface area contributed by atoms with Gasteiger partial charge in [-0.25, -0.2) is 0 Å². The predicted molar refractivity (Wildman–Crippen MR) is 140 cm³/mol. The van der Waals surface area contributed by atoms with Gasteiger partial charge in [-0.15, -0.1) is 0 Å². The van der Waals surface area contributed by atoms with Gasteiger partial charge in [0, 0.05) is 30.4 Å². The molecule has 4 rings (SSSR count). The van der Waals surface area contributed by atoms with Crippen LogP contribution in [0.3, 0.4) is 0 Å². The number of anilines is 1. The van der Waals surface area contributed by atoms with Gasteiger partial charge >= 0.3 is 0 Å². The number of nitriles is 1. The molecule has 1 heterocycles. The zero-order valence-corrected chi connectivity index (χ0v) is 21.3. The molecule has 0 unspecified atom stereocenters. The summed E-state index contributed by atoms with van der Waals surface area (Å²) in [5, 5.41) is 12.8. The molecule has 33 heavy (non-hydrogen) atoms. The van der Waals surface area contributed by atoms with Crippen molar-refractivity contribution in [3.63, 3.8) is 0 Å². The Bertz CT molecular complexity index is 888. The lowest BCUT2D eigenvalue weighted by atomic mass is 9.95. The Labute approximate surface area is 204 Å². The molecule has 1 aliphatic heterocycles. The van der Waals surface area contributed by atoms with E-state index < -0.39 is 0 Å². The minimum Gasteiger partial charge on any atom is -0.382 e. The number of likely N-dealkylation sites (N-methyl/N-ethyl adjacent to an activating group) is 1. The van der Waals surface area contributed by atoms with Gasteiger partial charge in [0.25, 0.3) is 0 Å². The maximum absolute atomic E-state index is 10.5. The van der Waals surface area contributed by atoms with E-state index >= 15 is 0 Å². The molecule has 3 N–H and O–H groups in total. The standard InChI is InChI=1S/C13H15ClN2.C11H13NO.C2H6.CH5N/c14-13-8-12(7-6-10(13)9-15)16-11-4-2-1-3-5-11;1-12-5-4-10-6-9(8-13)2-3-11(10)7-12;2*1-2/h6-8,11,16H,1-5H2;2-3,6,8H,4-5,7H2,1H3;1-2H3;2H2,1H3. The van der Waals surface area contributed by atoms with Gasteiger partial charge in [0.15, 0.2) is 0 Å². The number of carbonyl (C=O) groups excluding carboxylic acids is 1. The molecule has 2 aromatic carbocycles. The lowest BCUT2D eigenvalue weighted by Crippen LogP contribution is -2.26. The van der Waals surface area contributed by atoms with Gasteiger partial charge in [0.05, 0.1) is 10.6 Å². The number of rotatable bonds is 3. The predicted octanol–water partition coefficient (Wildman–Crippen LogP) is 6.04. The molecule has 0 spiro atoms. The summed E-state index contributed by atoms with van der Waals surface area (Å²) in [4.78, 5) is 12.8. The highest BCUT2D eigenvalue weighted by Crippen LogP contribution is 2.25. The minimum absolute atomic E-state index is 0.531. The lowest BCUT2D eigenvalue weighted by Gasteiger charge is -2.24. The van der Waals surface area contributed by atoms with Crippen molar-refractivity contribution in [2.45, 2.75) is 65.0 Å². The molecule has 180 valence electrons. The van der Waals surface area contributed by atoms with E-state index in [9.17, 15) is 4.79 Å². The molecule has 0 amide bonds. The van der Waals surface area contributed by atoms with Crippen molar-refractivity contribution in [3.05, 3.63) is 63.7 Å². The number of aldehydes is 1. The second kappa shape index (κ2) is 16.3. The molecule has 5 nitrogen and oxygen atoms in total. The van der Waals surface area contributed by atoms with Gasteiger partial charge in [-0.3, -0.25) is 4.79 Å². The number of fused-ring (bicyclic) bond motifs is 1. The van der Waals surface area contributed by atoms with Crippen LogP contribution >= 0.6 is 11.6 Å². The molecular weight excluding hydrogens is 432 g/mol. The van der Waals surface area contributed by atoms with E-state index in [1.54, 1.807) is 6.07 Å². The fourth-order valence-electron chi connectivity index (χ4n) is 3.97. The van der Waals surface area contributed by atoms with Crippen LogP contribution in [0.4, 0.5) is 5.69 Å². The molecule has 2 aromatic rings. The average Bonchev–Trinajstić information content (AvgIpc) is 2.87. The number of benzene rings is 2. The third-order valence-electron chi connectivity index (χ3n) is 5.64. The monoisotopic (exact) mass is 470 g/mol. The Hall–Kier alpha value is -2.39. The Balaban J connectivity index is 0.000000291. The Morgan fingerprint density at radius 2 is 1.79 bits per heavy atom. The van der Waals surface area contributed by atoms with E-state index in [1.807, 2.05) is 38.1 Å². The number of carbonyl (C=O) groups is 1. The molecule has 0 aromatic heterocycles. The van der Waals surface area contributed by atoms with E-state index in [4.69, 9.17) is 16.9 Å². The number of halogens is 1. The van der Waals surface area contributed by atoms with E-state index in [1.165, 1.54) is 50.3 Å². The molecule has 6 heteroatoms. The summed E-state index contributed by atoms with van der Waals surface area (Å²) < 4.78 is 0. The van der Waals surface area contributed by atoms with Crippen molar-refractivity contribution in [2.24, 2.45) is 5.73 Å². The first kappa shape index (κ1) is 28.6. The fraction of sp³-hybridized carbons (Fsp3) is 0.481. The normalized spacial score (nSPS) is 15.1. The minimum atomic E-state index is 0.531. The molecule has 0 atom stereocenters. The van der Waals surface area contributed by atoms with Crippen LogP contribution < -0.4 is 11.1 Å². The second-order valence-electron chi connectivity index (χ2n) is 7.92. The van der Waals surface area contributed by atoms with Gasteiger partial charge < -0.3 is 16.0 Å². The summed E-state index contributed by atoms with van der Waals surface area (Å²) in [5.74, 6) is 0. The van der Waals surface area contributed by atoms with Crippen molar-refractivity contribution < 1.29 is 4.79 Å². The summed E-state index contributed by atoms with van der Waals surface area (Å²) in [6.45, 7) is 6.10. The highest BCUT2D eigenvalue weighted by Gasteiger charge is 2.14. The van der Waals surface area contributed by atoms with Gasteiger partial charge in [-0.2, -0.15) is 5.26 Å². The highest BCUT2D eigenvalue weighted by molar-refractivity contribution is 6.32. The van der Waals surface area contributed by atoms with Gasteiger partial charge in [-0.1, -0.05) is 56.8 Å². The quantitative estimate of drug-likeness (QED) is 0.534. The smallest absolute Gasteiger partial charge is 0.150 e. The topological polar surface area (TPSA) is 82.2 Å². The van der Waals surface area contributed by atoms with E-state index in [2.05, 4.69) is 35.1 Å². The third-order valence-corrected chi connectivity index (χ3v) is 5.95. The first-order chi connectivity index (χ1) is 16.1. The molecule has 1 saturated carbocycles. The Morgan fingerprint density at radius 1 is 1.09 bits per heavy atom. The summed E-state index contributed by atoms with van der Waals surface area (Å²) in [5.41, 5.74) is 9.55. The van der Waals surface area contributed by atoms with Crippen LogP contribution in [0.2, 0.25) is 5.02 Å². The van der Waals surface area contributed by atoms with Gasteiger partial charge in [0.2, 0.25) is 0 Å². The van der Waals surface area contributed by atoms with Crippen molar-refractivity contribution in [3.8, 4) is 6.07 Å². The van der Waals surface area contributed by atoms with Crippen LogP contribution in [0.15, 0.2) is 36.4 Å². The zero-order chi connectivity index (χ0) is 24.6. The Kier molecular flexibility index (Phi) is 14.1. The zero-order valence-electron chi connectivity index (χ0n) is 20.5. The average molecular weight is 471 g/mol. The van der Waals surface area contributed by atoms with Crippen LogP contribution in [0.5, 0.6) is 0 Å². The molecule has 1 fully saturated rings. The van der Waals surface area contributed by atoms with Crippen molar-refractivity contribution in [2.75, 3.05) is 26.0 Å². The van der Waals surface area contributed by atoms with E-state index in [-0.39, 0.29) is 0 Å². The summed E-state index contributed by atoms with van der Waals surface area (Å²) >= 11 is 5.98. The highest BCUT2D eigenvalue weighted by atomic mass is 35.5. The number of nitrogens with two attached hydrogens (primary N) is 1. The SMILES string of the molecule is CC.CN.CN1CCc2cc(C=O)ccc2C1.N#Cc1ccc(NC2CCCCC2)cc1Cl. The van der Waals surface area contributed by atoms with Crippen LogP contribution in [0.25, 0.3) is 0 Å². The molecule has 2 aliphatic rings. The lowest BCUT2D eigenvalue weighted by molar-refractivity contribution is 0.112. The summed E-state index contributed by atoms with van der Waals surface area (Å²) in [7, 11) is 3.62. The molecule has 0 bridgehead atoms. The van der Waals surface area contributed by atoms with Crippen molar-refractivity contribution in [1.82, 2.24) is 4.90 Å². The van der Waals surface area contributed by atoms with Gasteiger partial charge in [0.1, 0.15) is 12.4 Å². The number of hydrogen-bond donors (Lipinski definition) is 2. The van der Waals surface area contributed by atoms with Gasteiger partial charge in [-0.05, 0) is 68.8 Å².